The largest absolute Gasteiger partial charge is 0.370 e. The van der Waals surface area contributed by atoms with E-state index in [-0.39, 0.29) is 5.91 Å². The number of primary amides is 1. The van der Waals surface area contributed by atoms with Gasteiger partial charge < -0.3 is 11.2 Å². The minimum absolute atomic E-state index is 0.287. The number of nitrogens with one attached hydrogen (secondary N) is 1. The van der Waals surface area contributed by atoms with E-state index in [9.17, 15) is 4.79 Å². The molecular formula is C7H11N3O. The van der Waals surface area contributed by atoms with Gasteiger partial charge in [0, 0.05) is 25.4 Å². The van der Waals surface area contributed by atoms with Gasteiger partial charge in [0.1, 0.15) is 0 Å². The molecule has 60 valence electrons. The number of hydrogen-bond acceptors (Lipinski definition) is 2. The molecular weight excluding hydrogens is 142 g/mol. The van der Waals surface area contributed by atoms with Crippen LogP contribution in [0.5, 0.6) is 0 Å². The van der Waals surface area contributed by atoms with Crippen LogP contribution in [0.3, 0.4) is 0 Å². The lowest BCUT2D eigenvalue weighted by molar-refractivity contribution is -0.117. The highest BCUT2D eigenvalue weighted by Gasteiger charge is 1.91. The molecule has 0 aliphatic rings. The van der Waals surface area contributed by atoms with Gasteiger partial charge in [-0.15, -0.1) is 0 Å². The van der Waals surface area contributed by atoms with Gasteiger partial charge in [0.15, 0.2) is 0 Å². The molecule has 3 N–H and O–H groups in total. The maximum absolute atomic E-state index is 10.3. The standard InChI is InChI=1S/C7H11N3O/c8-7(11)3-4-9-10-5-1-2-6-10/h1-2,5-6,9H,3-4H2,(H2,8,11). The molecule has 1 rings (SSSR count). The van der Waals surface area contributed by atoms with Crippen molar-refractivity contribution in [3.05, 3.63) is 24.5 Å². The summed E-state index contributed by atoms with van der Waals surface area (Å²) in [4.78, 5) is 10.3. The first kappa shape index (κ1) is 7.65. The number of nitrogens with zero attached hydrogens (tertiary/aromatic N) is 1. The zero-order chi connectivity index (χ0) is 8.10. The van der Waals surface area contributed by atoms with Gasteiger partial charge in [-0.3, -0.25) is 9.47 Å². The average Bonchev–Trinajstić information content (AvgIpc) is 2.39. The van der Waals surface area contributed by atoms with Crippen molar-refractivity contribution in [2.45, 2.75) is 6.42 Å². The van der Waals surface area contributed by atoms with Gasteiger partial charge in [-0.05, 0) is 12.1 Å². The second kappa shape index (κ2) is 3.65. The molecule has 0 fully saturated rings. The summed E-state index contributed by atoms with van der Waals surface area (Å²) in [5, 5.41) is 0. The third-order valence-electron chi connectivity index (χ3n) is 1.27. The van der Waals surface area contributed by atoms with E-state index in [0.717, 1.165) is 0 Å². The molecule has 1 aromatic rings. The summed E-state index contributed by atoms with van der Waals surface area (Å²) < 4.78 is 1.78. The minimum Gasteiger partial charge on any atom is -0.370 e. The van der Waals surface area contributed by atoms with Crippen LogP contribution < -0.4 is 11.2 Å². The maximum Gasteiger partial charge on any atom is 0.219 e. The summed E-state index contributed by atoms with van der Waals surface area (Å²) in [6, 6.07) is 3.80. The number of hydrogen-bond donors (Lipinski definition) is 2. The molecule has 0 aliphatic carbocycles. The van der Waals surface area contributed by atoms with Gasteiger partial charge in [-0.2, -0.15) is 0 Å². The Balaban J connectivity index is 2.19. The van der Waals surface area contributed by atoms with Crippen molar-refractivity contribution < 1.29 is 4.79 Å². The molecule has 0 spiro atoms. The Bertz CT molecular complexity index is 218. The van der Waals surface area contributed by atoms with E-state index in [1.165, 1.54) is 0 Å². The van der Waals surface area contributed by atoms with Crippen LogP contribution in [-0.4, -0.2) is 17.1 Å². The SMILES string of the molecule is NC(=O)CCNn1cccc1. The fourth-order valence-corrected chi connectivity index (χ4v) is 0.748. The second-order valence-corrected chi connectivity index (χ2v) is 2.21. The summed E-state index contributed by atoms with van der Waals surface area (Å²) in [7, 11) is 0. The van der Waals surface area contributed by atoms with Crippen LogP contribution >= 0.6 is 0 Å². The van der Waals surface area contributed by atoms with Gasteiger partial charge in [0.05, 0.1) is 0 Å². The third-order valence-corrected chi connectivity index (χ3v) is 1.27. The van der Waals surface area contributed by atoms with Crippen LogP contribution in [0.1, 0.15) is 6.42 Å². The number of aromatic nitrogens is 1. The highest BCUT2D eigenvalue weighted by atomic mass is 16.1. The summed E-state index contributed by atoms with van der Waals surface area (Å²) in [5.74, 6) is -0.287. The molecule has 0 aliphatic heterocycles. The molecule has 1 amide bonds. The van der Waals surface area contributed by atoms with Gasteiger partial charge in [0.2, 0.25) is 5.91 Å². The number of rotatable bonds is 4. The highest BCUT2D eigenvalue weighted by Crippen LogP contribution is 1.85. The zero-order valence-electron chi connectivity index (χ0n) is 6.16. The topological polar surface area (TPSA) is 60.1 Å². The molecule has 1 heterocycles. The van der Waals surface area contributed by atoms with Crippen molar-refractivity contribution in [1.29, 1.82) is 0 Å². The van der Waals surface area contributed by atoms with Gasteiger partial charge in [-0.1, -0.05) is 0 Å². The molecule has 11 heavy (non-hydrogen) atoms. The van der Waals surface area contributed by atoms with E-state index < -0.39 is 0 Å². The van der Waals surface area contributed by atoms with Crippen molar-refractivity contribution >= 4 is 5.91 Å². The Kier molecular flexibility index (Phi) is 2.54. The lowest BCUT2D eigenvalue weighted by Gasteiger charge is -2.04. The van der Waals surface area contributed by atoms with Crippen molar-refractivity contribution in [2.75, 3.05) is 12.0 Å². The lowest BCUT2D eigenvalue weighted by atomic mass is 10.4. The first-order chi connectivity index (χ1) is 5.29. The lowest BCUT2D eigenvalue weighted by Crippen LogP contribution is -2.20. The monoisotopic (exact) mass is 153 g/mol. The minimum atomic E-state index is -0.287. The van der Waals surface area contributed by atoms with Crippen molar-refractivity contribution in [3.8, 4) is 0 Å². The number of carbonyl (C=O) groups is 1. The van der Waals surface area contributed by atoms with Gasteiger partial charge in [0.25, 0.3) is 0 Å². The van der Waals surface area contributed by atoms with Crippen LogP contribution in [0.2, 0.25) is 0 Å². The molecule has 0 bridgehead atoms. The Morgan fingerprint density at radius 2 is 2.09 bits per heavy atom. The molecule has 0 saturated heterocycles. The van der Waals surface area contributed by atoms with Crippen LogP contribution in [-0.2, 0) is 4.79 Å². The van der Waals surface area contributed by atoms with Gasteiger partial charge in [-0.25, -0.2) is 0 Å². The molecule has 0 saturated carbocycles. The van der Waals surface area contributed by atoms with Crippen LogP contribution in [0.25, 0.3) is 0 Å². The average molecular weight is 153 g/mol. The molecule has 0 atom stereocenters. The normalized spacial score (nSPS) is 9.45. The van der Waals surface area contributed by atoms with Crippen LogP contribution in [0.4, 0.5) is 0 Å². The van der Waals surface area contributed by atoms with E-state index in [2.05, 4.69) is 5.43 Å². The number of carbonyl (C=O) groups excluding carboxylic acids is 1. The quantitative estimate of drug-likeness (QED) is 0.635. The van der Waals surface area contributed by atoms with Crippen LogP contribution in [0, 0.1) is 0 Å². The van der Waals surface area contributed by atoms with E-state index in [0.29, 0.717) is 13.0 Å². The van der Waals surface area contributed by atoms with E-state index in [1.807, 2.05) is 24.5 Å². The van der Waals surface area contributed by atoms with E-state index in [1.54, 1.807) is 4.68 Å². The van der Waals surface area contributed by atoms with Crippen molar-refractivity contribution in [1.82, 2.24) is 4.68 Å². The Morgan fingerprint density at radius 1 is 1.45 bits per heavy atom. The molecule has 1 aromatic heterocycles. The molecule has 0 aromatic carbocycles. The fraction of sp³-hybridized carbons (Fsp3) is 0.286. The first-order valence-electron chi connectivity index (χ1n) is 3.44. The smallest absolute Gasteiger partial charge is 0.219 e. The second-order valence-electron chi connectivity index (χ2n) is 2.21. The summed E-state index contributed by atoms with van der Waals surface area (Å²) >= 11 is 0. The Morgan fingerprint density at radius 3 is 2.64 bits per heavy atom. The van der Waals surface area contributed by atoms with Crippen LogP contribution in [0.15, 0.2) is 24.5 Å². The van der Waals surface area contributed by atoms with E-state index >= 15 is 0 Å². The zero-order valence-corrected chi connectivity index (χ0v) is 6.16. The predicted octanol–water partition coefficient (Wildman–Crippen LogP) is -0.0930. The van der Waals surface area contributed by atoms with Crippen molar-refractivity contribution in [2.24, 2.45) is 5.73 Å². The number of nitrogens with two attached hydrogens (primary N) is 1. The Labute approximate surface area is 65.0 Å². The van der Waals surface area contributed by atoms with E-state index in [4.69, 9.17) is 5.73 Å². The summed E-state index contributed by atoms with van der Waals surface area (Å²) in [5.41, 5.74) is 7.92. The molecule has 0 radical (unpaired) electrons. The highest BCUT2D eigenvalue weighted by molar-refractivity contribution is 5.74. The molecule has 0 unspecified atom stereocenters. The molecule has 4 heteroatoms. The molecule has 4 nitrogen and oxygen atoms in total. The number of amides is 1. The maximum atomic E-state index is 10.3. The Hall–Kier alpha value is -1.45. The fourth-order valence-electron chi connectivity index (χ4n) is 0.748. The summed E-state index contributed by atoms with van der Waals surface area (Å²) in [6.45, 7) is 0.573. The predicted molar refractivity (Wildman–Crippen MR) is 42.5 cm³/mol. The summed E-state index contributed by atoms with van der Waals surface area (Å²) in [6.07, 6.45) is 4.08. The first-order valence-corrected chi connectivity index (χ1v) is 3.44. The van der Waals surface area contributed by atoms with Crippen molar-refractivity contribution in [3.63, 3.8) is 0 Å². The van der Waals surface area contributed by atoms with Gasteiger partial charge >= 0.3 is 0 Å². The third kappa shape index (κ3) is 2.75.